The number of hydrogen-bond acceptors (Lipinski definition) is 8. The highest BCUT2D eigenvalue weighted by molar-refractivity contribution is 6.11. The van der Waals surface area contributed by atoms with E-state index < -0.39 is 36.7 Å². The molecule has 1 saturated heterocycles. The fraction of sp³-hybridized carbons (Fsp3) is 0.444. The lowest BCUT2D eigenvalue weighted by Crippen LogP contribution is -2.52. The molecule has 3 aliphatic heterocycles. The van der Waals surface area contributed by atoms with Crippen molar-refractivity contribution in [3.63, 3.8) is 0 Å². The van der Waals surface area contributed by atoms with Crippen LogP contribution in [0.5, 0.6) is 0 Å². The Morgan fingerprint density at radius 3 is 2.70 bits per heavy atom. The molecule has 9 nitrogen and oxygen atoms in total. The Balaban J connectivity index is 1.48. The lowest BCUT2D eigenvalue weighted by atomic mass is 10.1. The number of benzene rings is 1. The molecular formula is C18H21N5O4. The first-order valence-electron chi connectivity index (χ1n) is 8.88. The van der Waals surface area contributed by atoms with Crippen LogP contribution in [0.25, 0.3) is 0 Å². The average Bonchev–Trinajstić information content (AvgIpc) is 3.25. The van der Waals surface area contributed by atoms with Crippen molar-refractivity contribution in [1.82, 2.24) is 10.2 Å². The van der Waals surface area contributed by atoms with Crippen molar-refractivity contribution < 1.29 is 19.7 Å². The van der Waals surface area contributed by atoms with Crippen LogP contribution in [0.3, 0.4) is 0 Å². The van der Waals surface area contributed by atoms with Crippen molar-refractivity contribution in [2.75, 3.05) is 0 Å². The number of nitrogens with one attached hydrogen (secondary N) is 1. The van der Waals surface area contributed by atoms with Gasteiger partial charge in [-0.05, 0) is 18.6 Å². The maximum Gasteiger partial charge on any atom is 0.256 e. The van der Waals surface area contributed by atoms with E-state index in [1.807, 2.05) is 13.0 Å². The minimum absolute atomic E-state index is 0.282. The normalized spacial score (nSPS) is 34.5. The highest BCUT2D eigenvalue weighted by atomic mass is 16.6. The van der Waals surface area contributed by atoms with Crippen molar-refractivity contribution in [3.8, 4) is 0 Å². The number of amides is 1. The van der Waals surface area contributed by atoms with E-state index in [0.717, 1.165) is 0 Å². The highest BCUT2D eigenvalue weighted by Crippen LogP contribution is 2.30. The van der Waals surface area contributed by atoms with Gasteiger partial charge < -0.3 is 25.2 Å². The summed E-state index contributed by atoms with van der Waals surface area (Å²) in [6, 6.07) is 8.31. The van der Waals surface area contributed by atoms with E-state index in [0.29, 0.717) is 17.8 Å². The summed E-state index contributed by atoms with van der Waals surface area (Å²) in [5.41, 5.74) is 0.515. The van der Waals surface area contributed by atoms with Gasteiger partial charge in [-0.3, -0.25) is 9.79 Å². The zero-order chi connectivity index (χ0) is 19.0. The first kappa shape index (κ1) is 17.8. The molecule has 6 atom stereocenters. The van der Waals surface area contributed by atoms with Gasteiger partial charge in [0, 0.05) is 5.56 Å². The van der Waals surface area contributed by atoms with E-state index in [4.69, 9.17) is 4.74 Å². The van der Waals surface area contributed by atoms with Gasteiger partial charge in [0.2, 0.25) is 0 Å². The molecule has 0 aliphatic carbocycles. The molecule has 27 heavy (non-hydrogen) atoms. The molecule has 0 aromatic heterocycles. The zero-order valence-corrected chi connectivity index (χ0v) is 14.7. The molecular weight excluding hydrogens is 350 g/mol. The first-order valence-corrected chi connectivity index (χ1v) is 8.88. The van der Waals surface area contributed by atoms with Gasteiger partial charge in [0.05, 0.1) is 12.4 Å². The monoisotopic (exact) mass is 371 g/mol. The number of nitrogens with zero attached hydrogens (tertiary/aromatic N) is 4. The SMILES string of the molecule is CC[C@H]1O[C@@H](N2C=NC3C(NC(=O)c4ccccc4)=NC=NC32)C(O)[C@H]1O. The van der Waals surface area contributed by atoms with Crippen molar-refractivity contribution in [2.24, 2.45) is 15.0 Å². The lowest BCUT2D eigenvalue weighted by molar-refractivity contribution is -0.0680. The number of carbonyl (C=O) groups excluding carboxylic acids is 1. The number of aliphatic imine (C=N–C) groups is 3. The Bertz CT molecular complexity index is 796. The van der Waals surface area contributed by atoms with Crippen LogP contribution >= 0.6 is 0 Å². The van der Waals surface area contributed by atoms with Crippen molar-refractivity contribution in [2.45, 2.75) is 50.1 Å². The van der Waals surface area contributed by atoms with E-state index >= 15 is 0 Å². The molecule has 0 bridgehead atoms. The van der Waals surface area contributed by atoms with Crippen LogP contribution < -0.4 is 5.32 Å². The number of amidine groups is 1. The molecule has 3 unspecified atom stereocenters. The van der Waals surface area contributed by atoms with Gasteiger partial charge in [-0.25, -0.2) is 9.98 Å². The molecule has 4 rings (SSSR count). The quantitative estimate of drug-likeness (QED) is 0.677. The summed E-state index contributed by atoms with van der Waals surface area (Å²) in [4.78, 5) is 27.0. The number of fused-ring (bicyclic) bond motifs is 1. The Morgan fingerprint density at radius 2 is 2.00 bits per heavy atom. The highest BCUT2D eigenvalue weighted by Gasteiger charge is 2.49. The molecule has 0 radical (unpaired) electrons. The van der Waals surface area contributed by atoms with E-state index in [1.165, 1.54) is 12.7 Å². The Labute approximate surface area is 156 Å². The summed E-state index contributed by atoms with van der Waals surface area (Å²) in [5.74, 6) is 0.0957. The topological polar surface area (TPSA) is 119 Å². The number of aliphatic hydroxyl groups is 2. The molecule has 1 fully saturated rings. The molecule has 3 N–H and O–H groups in total. The zero-order valence-electron chi connectivity index (χ0n) is 14.7. The van der Waals surface area contributed by atoms with Crippen LogP contribution in [-0.4, -0.2) is 76.3 Å². The second-order valence-electron chi connectivity index (χ2n) is 6.62. The largest absolute Gasteiger partial charge is 0.388 e. The van der Waals surface area contributed by atoms with Gasteiger partial charge >= 0.3 is 0 Å². The minimum atomic E-state index is -1.07. The van der Waals surface area contributed by atoms with E-state index in [1.54, 1.807) is 29.2 Å². The van der Waals surface area contributed by atoms with Crippen molar-refractivity contribution >= 4 is 24.4 Å². The van der Waals surface area contributed by atoms with Gasteiger partial charge in [-0.2, -0.15) is 0 Å². The fourth-order valence-corrected chi connectivity index (χ4v) is 3.48. The van der Waals surface area contributed by atoms with Crippen LogP contribution in [0.4, 0.5) is 0 Å². The van der Waals surface area contributed by atoms with Crippen LogP contribution in [0.15, 0.2) is 45.3 Å². The lowest BCUT2D eigenvalue weighted by Gasteiger charge is -2.32. The maximum absolute atomic E-state index is 12.4. The van der Waals surface area contributed by atoms with Crippen molar-refractivity contribution in [1.29, 1.82) is 0 Å². The summed E-state index contributed by atoms with van der Waals surface area (Å²) < 4.78 is 5.79. The van der Waals surface area contributed by atoms with E-state index in [9.17, 15) is 15.0 Å². The third kappa shape index (κ3) is 3.14. The van der Waals surface area contributed by atoms with Crippen LogP contribution in [-0.2, 0) is 4.74 Å². The fourth-order valence-electron chi connectivity index (χ4n) is 3.48. The molecule has 1 aromatic rings. The predicted molar refractivity (Wildman–Crippen MR) is 98.7 cm³/mol. The van der Waals surface area contributed by atoms with Crippen molar-refractivity contribution in [3.05, 3.63) is 35.9 Å². The number of aliphatic hydroxyl groups excluding tert-OH is 2. The standard InChI is InChI=1S/C18H21N5O4/c1-2-11-13(24)14(25)18(27-11)23-9-21-12-15(19-8-20-16(12)23)22-17(26)10-6-4-3-5-7-10/h3-9,11-14,16,18,24-25H,2H2,1H3,(H,19,20,22,26)/t11-,12?,13+,14?,16?,18-/m1/s1. The minimum Gasteiger partial charge on any atom is -0.388 e. The van der Waals surface area contributed by atoms with Gasteiger partial charge in [-0.15, -0.1) is 0 Å². The van der Waals surface area contributed by atoms with Crippen LogP contribution in [0.1, 0.15) is 23.7 Å². The van der Waals surface area contributed by atoms with Gasteiger partial charge in [0.15, 0.2) is 18.4 Å². The van der Waals surface area contributed by atoms with E-state index in [-0.39, 0.29) is 5.91 Å². The van der Waals surface area contributed by atoms with Gasteiger partial charge in [-0.1, -0.05) is 25.1 Å². The molecule has 1 amide bonds. The molecule has 9 heteroatoms. The summed E-state index contributed by atoms with van der Waals surface area (Å²) in [7, 11) is 0. The molecule has 3 aliphatic rings. The third-order valence-corrected chi connectivity index (χ3v) is 4.96. The molecule has 3 heterocycles. The Morgan fingerprint density at radius 1 is 1.22 bits per heavy atom. The van der Waals surface area contributed by atoms with Gasteiger partial charge in [0.1, 0.15) is 24.4 Å². The Kier molecular flexibility index (Phi) is 4.73. The molecule has 1 aromatic carbocycles. The summed E-state index contributed by atoms with van der Waals surface area (Å²) >= 11 is 0. The third-order valence-electron chi connectivity index (χ3n) is 4.96. The molecule has 0 spiro atoms. The summed E-state index contributed by atoms with van der Waals surface area (Å²) in [6.07, 6.45) is -0.282. The number of rotatable bonds is 3. The Hall–Kier alpha value is -2.62. The maximum atomic E-state index is 12.4. The van der Waals surface area contributed by atoms with E-state index in [2.05, 4.69) is 20.3 Å². The summed E-state index contributed by atoms with van der Waals surface area (Å²) in [5, 5.41) is 23.2. The average molecular weight is 371 g/mol. The number of ether oxygens (including phenoxy) is 1. The smallest absolute Gasteiger partial charge is 0.256 e. The van der Waals surface area contributed by atoms with Crippen LogP contribution in [0, 0.1) is 0 Å². The predicted octanol–water partition coefficient (Wildman–Crippen LogP) is -0.248. The second kappa shape index (κ2) is 7.18. The molecule has 0 saturated carbocycles. The molecule has 142 valence electrons. The first-order chi connectivity index (χ1) is 13.1. The summed E-state index contributed by atoms with van der Waals surface area (Å²) in [6.45, 7) is 1.88. The van der Waals surface area contributed by atoms with Gasteiger partial charge in [0.25, 0.3) is 5.91 Å². The number of carbonyl (C=O) groups is 1. The van der Waals surface area contributed by atoms with Crippen LogP contribution in [0.2, 0.25) is 0 Å². The number of hydrogen-bond donors (Lipinski definition) is 3. The second-order valence-corrected chi connectivity index (χ2v) is 6.62.